The number of hydrogen-bond acceptors (Lipinski definition) is 7. The fraction of sp³-hybridized carbons (Fsp3) is 0.444. The molecular weight excluding hydrogens is 242 g/mol. The van der Waals surface area contributed by atoms with E-state index in [1.807, 2.05) is 0 Å². The highest BCUT2D eigenvalue weighted by molar-refractivity contribution is 5.70. The summed E-state index contributed by atoms with van der Waals surface area (Å²) in [7, 11) is 0. The maximum atomic E-state index is 11.7. The van der Waals surface area contributed by atoms with Crippen LogP contribution in [-0.2, 0) is 4.74 Å². The number of anilines is 1. The second-order valence-corrected chi connectivity index (χ2v) is 3.55. The summed E-state index contributed by atoms with van der Waals surface area (Å²) >= 11 is 0. The van der Waals surface area contributed by atoms with Crippen molar-refractivity contribution >= 4 is 17.1 Å². The van der Waals surface area contributed by atoms with Crippen molar-refractivity contribution < 1.29 is 14.9 Å². The summed E-state index contributed by atoms with van der Waals surface area (Å²) in [6.07, 6.45) is 0.245. The molecule has 0 aliphatic rings. The van der Waals surface area contributed by atoms with E-state index in [9.17, 15) is 9.90 Å². The minimum atomic E-state index is -1.37. The first-order valence-corrected chi connectivity index (χ1v) is 5.26. The molecule has 1 atom stereocenters. The number of ether oxygens (including phenoxy) is 1. The van der Waals surface area contributed by atoms with Crippen LogP contribution in [0.25, 0.3) is 11.2 Å². The molecule has 98 valence electrons. The van der Waals surface area contributed by atoms with Crippen LogP contribution in [0.15, 0.2) is 11.1 Å². The second-order valence-electron chi connectivity index (χ2n) is 3.55. The van der Waals surface area contributed by atoms with Crippen LogP contribution in [-0.4, -0.2) is 42.9 Å². The van der Waals surface area contributed by atoms with Crippen LogP contribution in [0.3, 0.4) is 0 Å². The number of rotatable bonds is 5. The van der Waals surface area contributed by atoms with Crippen molar-refractivity contribution in [2.45, 2.75) is 12.8 Å². The maximum Gasteiger partial charge on any atom is 0.278 e. The Morgan fingerprint density at radius 3 is 3.11 bits per heavy atom. The highest BCUT2D eigenvalue weighted by Crippen LogP contribution is 2.12. The molecule has 9 heteroatoms. The summed E-state index contributed by atoms with van der Waals surface area (Å²) in [6.45, 7) is 0.105. The van der Waals surface area contributed by atoms with Crippen molar-refractivity contribution in [1.29, 1.82) is 0 Å². The Morgan fingerprint density at radius 1 is 1.61 bits per heavy atom. The van der Waals surface area contributed by atoms with Gasteiger partial charge in [-0.15, -0.1) is 0 Å². The number of nitrogens with one attached hydrogen (secondary N) is 1. The number of H-pyrrole nitrogens is 1. The molecule has 0 saturated carbocycles. The van der Waals surface area contributed by atoms with E-state index in [-0.39, 0.29) is 30.3 Å². The number of aliphatic hydroxyl groups excluding tert-OH is 2. The van der Waals surface area contributed by atoms with Gasteiger partial charge in [-0.05, 0) is 6.42 Å². The summed E-state index contributed by atoms with van der Waals surface area (Å²) in [5.41, 5.74) is 5.05. The zero-order valence-electron chi connectivity index (χ0n) is 9.41. The third-order valence-corrected chi connectivity index (χ3v) is 2.26. The standard InChI is InChI=1S/C9H13N5O4/c10-8-12-6-5(7(16)13-8)14(4-11-6)9(17)18-3-1-2-15/h4,9,15,17H,1-3H2,(H3,10,12,13,16). The first-order chi connectivity index (χ1) is 8.63. The van der Waals surface area contributed by atoms with Crippen molar-refractivity contribution in [3.63, 3.8) is 0 Å². The van der Waals surface area contributed by atoms with Crippen LogP contribution < -0.4 is 11.3 Å². The molecule has 5 N–H and O–H groups in total. The van der Waals surface area contributed by atoms with Crippen molar-refractivity contribution in [2.75, 3.05) is 18.9 Å². The molecule has 1 unspecified atom stereocenters. The minimum Gasteiger partial charge on any atom is -0.396 e. The SMILES string of the molecule is Nc1nc2ncn(C(O)OCCCO)c2c(=O)[nH]1. The van der Waals surface area contributed by atoms with Gasteiger partial charge in [0.05, 0.1) is 6.61 Å². The molecule has 18 heavy (non-hydrogen) atoms. The summed E-state index contributed by atoms with van der Waals surface area (Å²) in [6, 6.07) is 0. The molecule has 0 saturated heterocycles. The smallest absolute Gasteiger partial charge is 0.278 e. The van der Waals surface area contributed by atoms with Gasteiger partial charge in [0.1, 0.15) is 6.33 Å². The van der Waals surface area contributed by atoms with E-state index in [2.05, 4.69) is 15.0 Å². The first-order valence-electron chi connectivity index (χ1n) is 5.26. The zero-order chi connectivity index (χ0) is 13.1. The number of imidazole rings is 1. The molecule has 0 fully saturated rings. The Hall–Kier alpha value is -1.97. The topological polar surface area (TPSA) is 139 Å². The molecule has 2 aromatic heterocycles. The highest BCUT2D eigenvalue weighted by Gasteiger charge is 2.15. The van der Waals surface area contributed by atoms with Crippen LogP contribution in [0, 0.1) is 0 Å². The molecule has 0 bridgehead atoms. The Kier molecular flexibility index (Phi) is 3.55. The lowest BCUT2D eigenvalue weighted by Gasteiger charge is -2.12. The van der Waals surface area contributed by atoms with Gasteiger partial charge in [-0.2, -0.15) is 4.98 Å². The van der Waals surface area contributed by atoms with Crippen molar-refractivity contribution in [3.05, 3.63) is 16.7 Å². The number of fused-ring (bicyclic) bond motifs is 1. The van der Waals surface area contributed by atoms with Gasteiger partial charge in [0.15, 0.2) is 11.2 Å². The monoisotopic (exact) mass is 255 g/mol. The van der Waals surface area contributed by atoms with Gasteiger partial charge in [-0.1, -0.05) is 0 Å². The molecular formula is C9H13N5O4. The normalized spacial score (nSPS) is 13.0. The van der Waals surface area contributed by atoms with Crippen LogP contribution in [0.1, 0.15) is 12.8 Å². The fourth-order valence-corrected chi connectivity index (χ4v) is 1.47. The average molecular weight is 255 g/mol. The fourth-order valence-electron chi connectivity index (χ4n) is 1.47. The third-order valence-electron chi connectivity index (χ3n) is 2.26. The van der Waals surface area contributed by atoms with Gasteiger partial charge >= 0.3 is 0 Å². The Morgan fingerprint density at radius 2 is 2.39 bits per heavy atom. The van der Waals surface area contributed by atoms with Crippen LogP contribution in [0.4, 0.5) is 5.95 Å². The maximum absolute atomic E-state index is 11.7. The predicted octanol–water partition coefficient (Wildman–Crippen LogP) is -1.45. The molecule has 9 nitrogen and oxygen atoms in total. The van der Waals surface area contributed by atoms with Crippen LogP contribution in [0.2, 0.25) is 0 Å². The predicted molar refractivity (Wildman–Crippen MR) is 61.5 cm³/mol. The summed E-state index contributed by atoms with van der Waals surface area (Å²) in [5, 5.41) is 18.3. The zero-order valence-corrected chi connectivity index (χ0v) is 9.41. The highest BCUT2D eigenvalue weighted by atomic mass is 16.6. The number of hydrogen-bond donors (Lipinski definition) is 4. The van der Waals surface area contributed by atoms with Crippen molar-refractivity contribution in [3.8, 4) is 0 Å². The molecule has 2 aromatic rings. The van der Waals surface area contributed by atoms with Crippen molar-refractivity contribution in [1.82, 2.24) is 19.5 Å². The molecule has 2 rings (SSSR count). The van der Waals surface area contributed by atoms with Crippen LogP contribution in [0.5, 0.6) is 0 Å². The van der Waals surface area contributed by atoms with E-state index in [4.69, 9.17) is 15.6 Å². The molecule has 0 aromatic carbocycles. The number of aromatic amines is 1. The molecule has 0 aliphatic carbocycles. The Bertz CT molecular complexity index is 592. The van der Waals surface area contributed by atoms with E-state index < -0.39 is 12.0 Å². The molecule has 2 heterocycles. The van der Waals surface area contributed by atoms with Gasteiger partial charge in [-0.25, -0.2) is 4.98 Å². The minimum absolute atomic E-state index is 0.0456. The number of nitrogens with zero attached hydrogens (tertiary/aromatic N) is 3. The third kappa shape index (κ3) is 2.32. The van der Waals surface area contributed by atoms with Gasteiger partial charge in [0.25, 0.3) is 5.56 Å². The van der Waals surface area contributed by atoms with Gasteiger partial charge in [0.2, 0.25) is 12.4 Å². The van der Waals surface area contributed by atoms with Crippen LogP contribution >= 0.6 is 0 Å². The van der Waals surface area contributed by atoms with E-state index in [0.29, 0.717) is 6.42 Å². The second kappa shape index (κ2) is 5.12. The van der Waals surface area contributed by atoms with Gasteiger partial charge in [0, 0.05) is 6.61 Å². The average Bonchev–Trinajstić information content (AvgIpc) is 2.73. The Balaban J connectivity index is 2.31. The van der Waals surface area contributed by atoms with Gasteiger partial charge in [-0.3, -0.25) is 14.3 Å². The Labute approximate surface area is 101 Å². The summed E-state index contributed by atoms with van der Waals surface area (Å²) in [4.78, 5) is 21.6. The quantitative estimate of drug-likeness (QED) is 0.378. The number of nitrogen functional groups attached to an aromatic ring is 1. The summed E-state index contributed by atoms with van der Waals surface area (Å²) < 4.78 is 6.16. The number of nitrogens with two attached hydrogens (primary N) is 1. The van der Waals surface area contributed by atoms with E-state index >= 15 is 0 Å². The molecule has 0 aliphatic heterocycles. The van der Waals surface area contributed by atoms with E-state index in [0.717, 1.165) is 4.57 Å². The molecule has 0 spiro atoms. The first kappa shape index (κ1) is 12.5. The lowest BCUT2D eigenvalue weighted by atomic mass is 10.5. The molecule has 0 amide bonds. The van der Waals surface area contributed by atoms with Crippen molar-refractivity contribution in [2.24, 2.45) is 0 Å². The lowest BCUT2D eigenvalue weighted by molar-refractivity contribution is -0.152. The summed E-state index contributed by atoms with van der Waals surface area (Å²) in [5.74, 6) is -0.0477. The van der Waals surface area contributed by atoms with Gasteiger partial charge < -0.3 is 20.7 Å². The largest absolute Gasteiger partial charge is 0.396 e. The lowest BCUT2D eigenvalue weighted by Crippen LogP contribution is -2.19. The number of aliphatic hydroxyl groups is 2. The number of aromatic nitrogens is 4. The van der Waals surface area contributed by atoms with E-state index in [1.165, 1.54) is 6.33 Å². The van der Waals surface area contributed by atoms with E-state index in [1.54, 1.807) is 0 Å². The molecule has 0 radical (unpaired) electrons.